The maximum Gasteiger partial charge on any atom is 0.162 e. The quantitative estimate of drug-likeness (QED) is 0.644. The number of pyridine rings is 1. The largest absolute Gasteiger partial charge is 0.294 e. The van der Waals surface area contributed by atoms with Crippen LogP contribution < -0.4 is 0 Å². The van der Waals surface area contributed by atoms with Crippen LogP contribution in [0.25, 0.3) is 10.9 Å². The van der Waals surface area contributed by atoms with Crippen molar-refractivity contribution >= 4 is 16.7 Å². The van der Waals surface area contributed by atoms with Crippen LogP contribution in [0.2, 0.25) is 0 Å². The summed E-state index contributed by atoms with van der Waals surface area (Å²) in [5.74, 6) is 0.217. The Labute approximate surface area is 124 Å². The van der Waals surface area contributed by atoms with Gasteiger partial charge in [-0.3, -0.25) is 9.78 Å². The second-order valence-electron chi connectivity index (χ2n) is 5.13. The van der Waals surface area contributed by atoms with Crippen molar-refractivity contribution in [3.8, 4) is 0 Å². The third-order valence-electron chi connectivity index (χ3n) is 3.69. The van der Waals surface area contributed by atoms with Crippen LogP contribution in [0.5, 0.6) is 0 Å². The zero-order chi connectivity index (χ0) is 14.5. The standard InChI is InChI=1S/C19H17NO/c21-19(16-7-2-1-3-8-16)12-6-9-15-13-14-20-18-11-5-4-10-17(15)18/h1-5,7-8,10-11,13-14H,6,9,12H2. The zero-order valence-electron chi connectivity index (χ0n) is 11.8. The van der Waals surface area contributed by atoms with Crippen LogP contribution in [-0.4, -0.2) is 10.8 Å². The lowest BCUT2D eigenvalue weighted by atomic mass is 10.0. The molecule has 1 aromatic heterocycles. The molecule has 0 spiro atoms. The zero-order valence-corrected chi connectivity index (χ0v) is 11.8. The van der Waals surface area contributed by atoms with Gasteiger partial charge in [-0.2, -0.15) is 0 Å². The highest BCUT2D eigenvalue weighted by Gasteiger charge is 2.06. The van der Waals surface area contributed by atoms with Gasteiger partial charge in [0.1, 0.15) is 0 Å². The van der Waals surface area contributed by atoms with Crippen LogP contribution in [0, 0.1) is 0 Å². The van der Waals surface area contributed by atoms with E-state index in [1.165, 1.54) is 10.9 Å². The van der Waals surface area contributed by atoms with Gasteiger partial charge in [-0.25, -0.2) is 0 Å². The molecular formula is C19H17NO. The fourth-order valence-corrected chi connectivity index (χ4v) is 2.58. The summed E-state index contributed by atoms with van der Waals surface area (Å²) in [7, 11) is 0. The molecule has 0 radical (unpaired) electrons. The molecule has 0 fully saturated rings. The van der Waals surface area contributed by atoms with Crippen LogP contribution in [-0.2, 0) is 6.42 Å². The minimum atomic E-state index is 0.217. The summed E-state index contributed by atoms with van der Waals surface area (Å²) in [4.78, 5) is 16.5. The Morgan fingerprint density at radius 3 is 2.52 bits per heavy atom. The summed E-state index contributed by atoms with van der Waals surface area (Å²) in [5, 5.41) is 1.19. The monoisotopic (exact) mass is 275 g/mol. The number of Topliss-reactive ketones (excluding diaryl/α,β-unsaturated/α-hetero) is 1. The fraction of sp³-hybridized carbons (Fsp3) is 0.158. The van der Waals surface area contributed by atoms with Crippen LogP contribution in [0.1, 0.15) is 28.8 Å². The Kier molecular flexibility index (Phi) is 4.06. The number of nitrogens with zero attached hydrogens (tertiary/aromatic N) is 1. The van der Waals surface area contributed by atoms with Crippen molar-refractivity contribution in [3.63, 3.8) is 0 Å². The number of aromatic nitrogens is 1. The van der Waals surface area contributed by atoms with Gasteiger partial charge in [-0.05, 0) is 30.5 Å². The van der Waals surface area contributed by atoms with E-state index >= 15 is 0 Å². The van der Waals surface area contributed by atoms with E-state index in [9.17, 15) is 4.79 Å². The average Bonchev–Trinajstić information content (AvgIpc) is 2.56. The van der Waals surface area contributed by atoms with Gasteiger partial charge in [0.05, 0.1) is 5.52 Å². The topological polar surface area (TPSA) is 30.0 Å². The number of rotatable bonds is 5. The number of aryl methyl sites for hydroxylation is 1. The molecule has 3 aromatic rings. The van der Waals surface area contributed by atoms with Crippen LogP contribution in [0.3, 0.4) is 0 Å². The Morgan fingerprint density at radius 1 is 0.905 bits per heavy atom. The summed E-state index contributed by atoms with van der Waals surface area (Å²) < 4.78 is 0. The van der Waals surface area contributed by atoms with Crippen LogP contribution in [0.4, 0.5) is 0 Å². The van der Waals surface area contributed by atoms with Gasteiger partial charge in [0.2, 0.25) is 0 Å². The van der Waals surface area contributed by atoms with Crippen LogP contribution >= 0.6 is 0 Å². The van der Waals surface area contributed by atoms with E-state index in [2.05, 4.69) is 17.1 Å². The summed E-state index contributed by atoms with van der Waals surface area (Å²) >= 11 is 0. The second kappa shape index (κ2) is 6.31. The van der Waals surface area contributed by atoms with Crippen molar-refractivity contribution in [1.29, 1.82) is 0 Å². The summed E-state index contributed by atoms with van der Waals surface area (Å²) in [6.45, 7) is 0. The highest BCUT2D eigenvalue weighted by molar-refractivity contribution is 5.96. The number of hydrogen-bond acceptors (Lipinski definition) is 2. The van der Waals surface area contributed by atoms with Gasteiger partial charge < -0.3 is 0 Å². The first kappa shape index (κ1) is 13.5. The van der Waals surface area contributed by atoms with E-state index < -0.39 is 0 Å². The van der Waals surface area contributed by atoms with E-state index in [-0.39, 0.29) is 5.78 Å². The molecule has 0 amide bonds. The lowest BCUT2D eigenvalue weighted by molar-refractivity contribution is 0.0980. The molecule has 2 aromatic carbocycles. The van der Waals surface area contributed by atoms with Gasteiger partial charge in [0, 0.05) is 23.6 Å². The molecule has 3 rings (SSSR count). The van der Waals surface area contributed by atoms with Gasteiger partial charge in [0.15, 0.2) is 5.78 Å². The number of benzene rings is 2. The highest BCUT2D eigenvalue weighted by Crippen LogP contribution is 2.18. The summed E-state index contributed by atoms with van der Waals surface area (Å²) in [6, 6.07) is 19.7. The molecule has 0 aliphatic rings. The minimum Gasteiger partial charge on any atom is -0.294 e. The molecule has 0 saturated heterocycles. The first-order valence-corrected chi connectivity index (χ1v) is 7.25. The molecule has 0 aliphatic carbocycles. The highest BCUT2D eigenvalue weighted by atomic mass is 16.1. The van der Waals surface area contributed by atoms with Gasteiger partial charge >= 0.3 is 0 Å². The van der Waals surface area contributed by atoms with Crippen molar-refractivity contribution in [3.05, 3.63) is 78.0 Å². The number of carbonyl (C=O) groups is 1. The van der Waals surface area contributed by atoms with Gasteiger partial charge in [-0.15, -0.1) is 0 Å². The average molecular weight is 275 g/mol. The van der Waals surface area contributed by atoms with Crippen molar-refractivity contribution in [2.75, 3.05) is 0 Å². The van der Waals surface area contributed by atoms with E-state index in [1.807, 2.05) is 54.7 Å². The van der Waals surface area contributed by atoms with Crippen molar-refractivity contribution < 1.29 is 4.79 Å². The molecule has 1 heterocycles. The molecule has 104 valence electrons. The maximum atomic E-state index is 12.1. The van der Waals surface area contributed by atoms with E-state index in [4.69, 9.17) is 0 Å². The molecule has 21 heavy (non-hydrogen) atoms. The fourth-order valence-electron chi connectivity index (χ4n) is 2.58. The summed E-state index contributed by atoms with van der Waals surface area (Å²) in [6.07, 6.45) is 4.20. The molecule has 2 heteroatoms. The lowest BCUT2D eigenvalue weighted by Gasteiger charge is -2.05. The van der Waals surface area contributed by atoms with Gasteiger partial charge in [0.25, 0.3) is 0 Å². The number of carbonyl (C=O) groups excluding carboxylic acids is 1. The maximum absolute atomic E-state index is 12.1. The van der Waals surface area contributed by atoms with E-state index in [0.29, 0.717) is 6.42 Å². The smallest absolute Gasteiger partial charge is 0.162 e. The number of ketones is 1. The Bertz CT molecular complexity index is 744. The van der Waals surface area contributed by atoms with Crippen molar-refractivity contribution in [1.82, 2.24) is 4.98 Å². The third kappa shape index (κ3) is 3.16. The normalized spacial score (nSPS) is 10.7. The number of fused-ring (bicyclic) bond motifs is 1. The lowest BCUT2D eigenvalue weighted by Crippen LogP contribution is -2.00. The first-order valence-electron chi connectivity index (χ1n) is 7.25. The van der Waals surface area contributed by atoms with E-state index in [0.717, 1.165) is 23.9 Å². The van der Waals surface area contributed by atoms with Crippen molar-refractivity contribution in [2.45, 2.75) is 19.3 Å². The molecule has 0 atom stereocenters. The van der Waals surface area contributed by atoms with Crippen LogP contribution in [0.15, 0.2) is 66.9 Å². The van der Waals surface area contributed by atoms with Crippen molar-refractivity contribution in [2.24, 2.45) is 0 Å². The molecule has 0 saturated carbocycles. The SMILES string of the molecule is O=C(CCCc1ccnc2ccccc12)c1ccccc1. The molecular weight excluding hydrogens is 258 g/mol. The molecule has 0 N–H and O–H groups in total. The second-order valence-corrected chi connectivity index (χ2v) is 5.13. The third-order valence-corrected chi connectivity index (χ3v) is 3.69. The molecule has 0 unspecified atom stereocenters. The number of para-hydroxylation sites is 1. The minimum absolute atomic E-state index is 0.217. The Morgan fingerprint density at radius 2 is 1.67 bits per heavy atom. The first-order chi connectivity index (χ1) is 10.3. The summed E-state index contributed by atoms with van der Waals surface area (Å²) in [5.41, 5.74) is 3.09. The Hall–Kier alpha value is -2.48. The van der Waals surface area contributed by atoms with Gasteiger partial charge in [-0.1, -0.05) is 48.5 Å². The molecule has 0 bridgehead atoms. The predicted octanol–water partition coefficient (Wildman–Crippen LogP) is 4.44. The molecule has 2 nitrogen and oxygen atoms in total. The Balaban J connectivity index is 1.66. The number of hydrogen-bond donors (Lipinski definition) is 0. The predicted molar refractivity (Wildman–Crippen MR) is 85.5 cm³/mol. The molecule has 0 aliphatic heterocycles. The van der Waals surface area contributed by atoms with E-state index in [1.54, 1.807) is 0 Å².